The monoisotopic (exact) mass is 739 g/mol. The molecule has 0 fully saturated rings. The van der Waals surface area contributed by atoms with Crippen molar-refractivity contribution in [1.29, 1.82) is 0 Å². The van der Waals surface area contributed by atoms with Crippen LogP contribution in [-0.4, -0.2) is 13.7 Å². The van der Waals surface area contributed by atoms with Gasteiger partial charge in [0.15, 0.2) is 11.5 Å². The average molecular weight is 740 g/mol. The largest absolute Gasteiger partial charge is 0.453 e. The first-order valence-corrected chi connectivity index (χ1v) is 19.8. The van der Waals surface area contributed by atoms with Gasteiger partial charge in [0.1, 0.15) is 0 Å². The fourth-order valence-electron chi connectivity index (χ4n) is 9.63. The van der Waals surface area contributed by atoms with Gasteiger partial charge in [-0.15, -0.1) is 0 Å². The Morgan fingerprint density at radius 1 is 0.276 bits per heavy atom. The van der Waals surface area contributed by atoms with Crippen molar-refractivity contribution in [1.82, 2.24) is 13.7 Å². The minimum Gasteiger partial charge on any atom is -0.453 e. The molecule has 0 saturated carbocycles. The van der Waals surface area contributed by atoms with Gasteiger partial charge in [-0.25, -0.2) is 0 Å². The molecule has 1 aliphatic heterocycles. The van der Waals surface area contributed by atoms with Gasteiger partial charge < -0.3 is 18.4 Å². The number of aromatic nitrogens is 3. The van der Waals surface area contributed by atoms with E-state index in [1.165, 1.54) is 82.2 Å². The molecule has 0 aliphatic carbocycles. The van der Waals surface area contributed by atoms with Crippen molar-refractivity contribution >= 4 is 65.4 Å². The second kappa shape index (κ2) is 11.8. The molecule has 4 heterocycles. The second-order valence-electron chi connectivity index (χ2n) is 15.3. The van der Waals surface area contributed by atoms with E-state index >= 15 is 0 Å². The van der Waals surface area contributed by atoms with E-state index in [4.69, 9.17) is 4.74 Å². The van der Waals surface area contributed by atoms with Crippen LogP contribution in [0.4, 0.5) is 0 Å². The molecule has 0 radical (unpaired) electrons. The SMILES string of the molecule is c1ccc2c(c1)Oc1cccc3c4cc(-c5ccc(-c6ccc(-n7c8ccccc8c8cc(-n9c%10ccccc%10c%10ccccc%109)ccc87)cc6)cc5)ccc4n-2c13. The number of nitrogens with zero attached hydrogens (tertiary/aromatic N) is 3. The maximum absolute atomic E-state index is 6.33. The number of fused-ring (bicyclic) bond motifs is 11. The van der Waals surface area contributed by atoms with Crippen LogP contribution in [0.2, 0.25) is 0 Å². The Kier molecular flexibility index (Phi) is 6.41. The van der Waals surface area contributed by atoms with Crippen LogP contribution in [-0.2, 0) is 0 Å². The molecule has 270 valence electrons. The van der Waals surface area contributed by atoms with Crippen LogP contribution in [0.15, 0.2) is 200 Å². The molecule has 0 saturated heterocycles. The first kappa shape index (κ1) is 31.4. The van der Waals surface area contributed by atoms with Crippen LogP contribution >= 0.6 is 0 Å². The molecule has 0 N–H and O–H groups in total. The summed E-state index contributed by atoms with van der Waals surface area (Å²) in [4.78, 5) is 0. The highest BCUT2D eigenvalue weighted by atomic mass is 16.5. The minimum absolute atomic E-state index is 0.882. The topological polar surface area (TPSA) is 24.0 Å². The lowest BCUT2D eigenvalue weighted by molar-refractivity contribution is 0.476. The molecule has 0 amide bonds. The number of benzene rings is 9. The van der Waals surface area contributed by atoms with Crippen molar-refractivity contribution in [3.63, 3.8) is 0 Å². The standard InChI is InChI=1S/C54H33N3O/c1-4-14-46-40(10-1)41-11-2-5-15-47(41)56(46)39-29-31-49-45(33-39)42-12-3-6-16-48(42)55(49)38-27-24-35(25-28-38)34-20-22-36(23-21-34)37-26-30-50-44(32-37)43-13-9-19-53-54(43)57(50)51-17-7-8-18-52(51)58-53/h1-33H. The lowest BCUT2D eigenvalue weighted by Crippen LogP contribution is -2.03. The molecule has 0 spiro atoms. The van der Waals surface area contributed by atoms with Crippen LogP contribution < -0.4 is 4.74 Å². The lowest BCUT2D eigenvalue weighted by atomic mass is 9.99. The highest BCUT2D eigenvalue weighted by Crippen LogP contribution is 2.46. The summed E-state index contributed by atoms with van der Waals surface area (Å²) in [5.74, 6) is 1.78. The summed E-state index contributed by atoms with van der Waals surface area (Å²) in [7, 11) is 0. The molecule has 9 aromatic carbocycles. The quantitative estimate of drug-likeness (QED) is 0.176. The molecule has 4 nitrogen and oxygen atoms in total. The number of ether oxygens (including phenoxy) is 1. The molecule has 13 rings (SSSR count). The van der Waals surface area contributed by atoms with E-state index in [9.17, 15) is 0 Å². The molecule has 0 unspecified atom stereocenters. The Labute approximate surface area is 333 Å². The Hall–Kier alpha value is -7.82. The number of rotatable bonds is 4. The fourth-order valence-corrected chi connectivity index (χ4v) is 9.63. The van der Waals surface area contributed by atoms with Crippen LogP contribution in [0.1, 0.15) is 0 Å². The van der Waals surface area contributed by atoms with E-state index in [1.54, 1.807) is 0 Å². The first-order valence-electron chi connectivity index (χ1n) is 19.8. The Bertz CT molecular complexity index is 3580. The van der Waals surface area contributed by atoms with Crippen LogP contribution in [0, 0.1) is 0 Å². The number of hydrogen-bond donors (Lipinski definition) is 0. The summed E-state index contributed by atoms with van der Waals surface area (Å²) in [5, 5.41) is 7.45. The van der Waals surface area contributed by atoms with Gasteiger partial charge in [0.25, 0.3) is 0 Å². The molecule has 1 aliphatic rings. The number of para-hydroxylation sites is 6. The van der Waals surface area contributed by atoms with Crippen LogP contribution in [0.5, 0.6) is 11.5 Å². The predicted octanol–water partition coefficient (Wildman–Crippen LogP) is 14.4. The van der Waals surface area contributed by atoms with Gasteiger partial charge in [0, 0.05) is 43.7 Å². The maximum Gasteiger partial charge on any atom is 0.152 e. The third-order valence-corrected chi connectivity index (χ3v) is 12.2. The summed E-state index contributed by atoms with van der Waals surface area (Å²) in [5.41, 5.74) is 15.3. The van der Waals surface area contributed by atoms with Crippen molar-refractivity contribution in [2.24, 2.45) is 0 Å². The van der Waals surface area contributed by atoms with Gasteiger partial charge in [0.05, 0.1) is 38.8 Å². The van der Waals surface area contributed by atoms with Gasteiger partial charge >= 0.3 is 0 Å². The van der Waals surface area contributed by atoms with E-state index in [0.717, 1.165) is 34.1 Å². The summed E-state index contributed by atoms with van der Waals surface area (Å²) in [6.07, 6.45) is 0. The Balaban J connectivity index is 0.857. The van der Waals surface area contributed by atoms with E-state index < -0.39 is 0 Å². The molecule has 3 aromatic heterocycles. The summed E-state index contributed by atoms with van der Waals surface area (Å²) in [6, 6.07) is 72.5. The van der Waals surface area contributed by atoms with Crippen LogP contribution in [0.3, 0.4) is 0 Å². The Morgan fingerprint density at radius 2 is 0.724 bits per heavy atom. The fraction of sp³-hybridized carbons (Fsp3) is 0. The predicted molar refractivity (Wildman–Crippen MR) is 240 cm³/mol. The lowest BCUT2D eigenvalue weighted by Gasteiger charge is -2.20. The summed E-state index contributed by atoms with van der Waals surface area (Å²) >= 11 is 0. The zero-order valence-corrected chi connectivity index (χ0v) is 31.3. The molecular formula is C54H33N3O. The van der Waals surface area contributed by atoms with Crippen molar-refractivity contribution < 1.29 is 4.74 Å². The molecule has 0 bridgehead atoms. The molecule has 0 atom stereocenters. The zero-order valence-electron chi connectivity index (χ0n) is 31.3. The smallest absolute Gasteiger partial charge is 0.152 e. The number of hydrogen-bond acceptors (Lipinski definition) is 1. The molecule has 4 heteroatoms. The third-order valence-electron chi connectivity index (χ3n) is 12.2. The van der Waals surface area contributed by atoms with Crippen molar-refractivity contribution in [2.45, 2.75) is 0 Å². The highest BCUT2D eigenvalue weighted by Gasteiger charge is 2.23. The van der Waals surface area contributed by atoms with Crippen molar-refractivity contribution in [3.05, 3.63) is 200 Å². The zero-order chi connectivity index (χ0) is 37.9. The summed E-state index contributed by atoms with van der Waals surface area (Å²) < 4.78 is 13.5. The summed E-state index contributed by atoms with van der Waals surface area (Å²) in [6.45, 7) is 0. The highest BCUT2D eigenvalue weighted by molar-refractivity contribution is 6.14. The van der Waals surface area contributed by atoms with Gasteiger partial charge in [-0.1, -0.05) is 121 Å². The van der Waals surface area contributed by atoms with Gasteiger partial charge in [-0.05, 0) is 101 Å². The molecule has 58 heavy (non-hydrogen) atoms. The van der Waals surface area contributed by atoms with Gasteiger partial charge in [-0.2, -0.15) is 0 Å². The van der Waals surface area contributed by atoms with Crippen molar-refractivity contribution in [2.75, 3.05) is 0 Å². The Morgan fingerprint density at radius 3 is 1.43 bits per heavy atom. The van der Waals surface area contributed by atoms with E-state index in [2.05, 4.69) is 202 Å². The normalized spacial score (nSPS) is 12.3. The van der Waals surface area contributed by atoms with Crippen molar-refractivity contribution in [3.8, 4) is 50.8 Å². The first-order chi connectivity index (χ1) is 28.8. The van der Waals surface area contributed by atoms with Crippen LogP contribution in [0.25, 0.3) is 105 Å². The van der Waals surface area contributed by atoms with E-state index in [0.29, 0.717) is 0 Å². The minimum atomic E-state index is 0.882. The second-order valence-corrected chi connectivity index (χ2v) is 15.3. The van der Waals surface area contributed by atoms with E-state index in [1.807, 2.05) is 12.1 Å². The van der Waals surface area contributed by atoms with Gasteiger partial charge in [0.2, 0.25) is 0 Å². The molecular weight excluding hydrogens is 707 g/mol. The molecule has 12 aromatic rings. The maximum atomic E-state index is 6.33. The van der Waals surface area contributed by atoms with Gasteiger partial charge in [-0.3, -0.25) is 0 Å². The average Bonchev–Trinajstić information content (AvgIpc) is 3.93. The van der Waals surface area contributed by atoms with E-state index in [-0.39, 0.29) is 0 Å². The third kappa shape index (κ3) is 4.40.